The van der Waals surface area contributed by atoms with Gasteiger partial charge in [0.15, 0.2) is 0 Å². The first-order valence-corrected chi connectivity index (χ1v) is 8.16. The molecule has 0 saturated heterocycles. The van der Waals surface area contributed by atoms with Crippen molar-refractivity contribution >= 4 is 24.1 Å². The van der Waals surface area contributed by atoms with Gasteiger partial charge in [0.2, 0.25) is 0 Å². The van der Waals surface area contributed by atoms with Gasteiger partial charge >= 0.3 is 12.1 Å². The van der Waals surface area contributed by atoms with Crippen LogP contribution in [0.4, 0.5) is 4.79 Å². The Morgan fingerprint density at radius 3 is 2.29 bits per heavy atom. The van der Waals surface area contributed by atoms with Crippen LogP contribution >= 0.6 is 12.0 Å². The number of carboxylic acids is 1. The first-order chi connectivity index (χ1) is 9.60. The minimum Gasteiger partial charge on any atom is -0.481 e. The highest BCUT2D eigenvalue weighted by atomic mass is 32.2. The Hall–Kier alpha value is -0.950. The van der Waals surface area contributed by atoms with E-state index in [0.717, 1.165) is 18.5 Å². The number of hydrogen-bond donors (Lipinski definition) is 2. The summed E-state index contributed by atoms with van der Waals surface area (Å²) in [6.07, 6.45) is 1.16. The van der Waals surface area contributed by atoms with E-state index >= 15 is 0 Å². The van der Waals surface area contributed by atoms with Crippen molar-refractivity contribution in [3.05, 3.63) is 0 Å². The van der Waals surface area contributed by atoms with Crippen molar-refractivity contribution in [3.63, 3.8) is 0 Å². The average molecular weight is 321 g/mol. The molecular formula is C14H27NO5S. The summed E-state index contributed by atoms with van der Waals surface area (Å²) < 4.78 is 10.7. The first-order valence-electron chi connectivity index (χ1n) is 7.01. The topological polar surface area (TPSA) is 84.9 Å². The molecule has 124 valence electrons. The van der Waals surface area contributed by atoms with Gasteiger partial charge in [0, 0.05) is 6.26 Å². The van der Waals surface area contributed by atoms with Crippen LogP contribution in [0.3, 0.4) is 0 Å². The molecule has 7 heteroatoms. The van der Waals surface area contributed by atoms with Crippen molar-refractivity contribution in [1.82, 2.24) is 5.32 Å². The van der Waals surface area contributed by atoms with E-state index < -0.39 is 29.8 Å². The zero-order chi connectivity index (χ0) is 16.6. The van der Waals surface area contributed by atoms with Crippen molar-refractivity contribution in [2.75, 3.05) is 6.26 Å². The van der Waals surface area contributed by atoms with Crippen molar-refractivity contribution in [3.8, 4) is 0 Å². The van der Waals surface area contributed by atoms with Gasteiger partial charge in [-0.3, -0.25) is 4.79 Å². The Morgan fingerprint density at radius 2 is 1.90 bits per heavy atom. The maximum Gasteiger partial charge on any atom is 0.407 e. The van der Waals surface area contributed by atoms with Crippen molar-refractivity contribution in [2.24, 2.45) is 5.92 Å². The highest BCUT2D eigenvalue weighted by Gasteiger charge is 2.32. The highest BCUT2D eigenvalue weighted by molar-refractivity contribution is 7.93. The molecule has 0 rings (SSSR count). The maximum atomic E-state index is 11.9. The fraction of sp³-hybridized carbons (Fsp3) is 0.857. The molecule has 0 aromatic carbocycles. The van der Waals surface area contributed by atoms with Crippen LogP contribution in [0.5, 0.6) is 0 Å². The Morgan fingerprint density at radius 1 is 1.33 bits per heavy atom. The smallest absolute Gasteiger partial charge is 0.407 e. The number of nitrogens with one attached hydrogen (secondary N) is 1. The number of rotatable bonds is 8. The van der Waals surface area contributed by atoms with Crippen LogP contribution < -0.4 is 5.32 Å². The number of carbonyl (C=O) groups excluding carboxylic acids is 1. The van der Waals surface area contributed by atoms with E-state index in [-0.39, 0.29) is 12.3 Å². The Bertz CT molecular complexity index is 343. The lowest BCUT2D eigenvalue weighted by atomic mass is 9.93. The summed E-state index contributed by atoms with van der Waals surface area (Å²) in [7, 11) is 0. The van der Waals surface area contributed by atoms with Crippen molar-refractivity contribution in [1.29, 1.82) is 0 Å². The van der Waals surface area contributed by atoms with Crippen LogP contribution in [0.25, 0.3) is 0 Å². The summed E-state index contributed by atoms with van der Waals surface area (Å²) in [5, 5.41) is 11.8. The predicted molar refractivity (Wildman–Crippen MR) is 83.3 cm³/mol. The minimum atomic E-state index is -0.964. The molecule has 0 heterocycles. The number of ether oxygens (including phenoxy) is 1. The molecule has 21 heavy (non-hydrogen) atoms. The first kappa shape index (κ1) is 20.1. The van der Waals surface area contributed by atoms with Gasteiger partial charge < -0.3 is 19.3 Å². The number of hydrogen-bond acceptors (Lipinski definition) is 5. The van der Waals surface area contributed by atoms with Gasteiger partial charge in [-0.25, -0.2) is 4.79 Å². The van der Waals surface area contributed by atoms with Crippen LogP contribution in [0.1, 0.15) is 47.5 Å². The molecule has 0 fully saturated rings. The third kappa shape index (κ3) is 8.83. The molecule has 0 saturated carbocycles. The van der Waals surface area contributed by atoms with Crippen LogP contribution in [0, 0.1) is 5.92 Å². The molecule has 1 amide bonds. The van der Waals surface area contributed by atoms with Crippen molar-refractivity contribution < 1.29 is 23.6 Å². The van der Waals surface area contributed by atoms with E-state index in [9.17, 15) is 9.59 Å². The van der Waals surface area contributed by atoms with E-state index in [0.29, 0.717) is 0 Å². The standard InChI is InChI=1S/C14H27NO5S/c1-7-9(2)12(10(20-21-6)8-11(16)17)15-13(18)19-14(3,4)5/h9-10,12H,7-8H2,1-6H3,(H,15,18)(H,16,17)/t9-,10-,12+/m0/s1. The molecule has 0 radical (unpaired) electrons. The minimum absolute atomic E-state index is 0.0639. The summed E-state index contributed by atoms with van der Waals surface area (Å²) in [4.78, 5) is 22.9. The monoisotopic (exact) mass is 321 g/mol. The number of amides is 1. The van der Waals surface area contributed by atoms with Crippen LogP contribution in [0.15, 0.2) is 0 Å². The van der Waals surface area contributed by atoms with E-state index in [1.807, 2.05) is 13.8 Å². The number of aliphatic carboxylic acids is 1. The van der Waals surface area contributed by atoms with Gasteiger partial charge in [-0.2, -0.15) is 0 Å². The normalized spacial score (nSPS) is 15.9. The molecule has 0 aliphatic carbocycles. The van der Waals surface area contributed by atoms with E-state index in [1.54, 1.807) is 27.0 Å². The quantitative estimate of drug-likeness (QED) is 0.668. The second kappa shape index (κ2) is 9.15. The molecule has 0 aromatic heterocycles. The number of alkyl carbamates (subject to hydrolysis) is 1. The molecule has 0 aliphatic heterocycles. The average Bonchev–Trinajstić information content (AvgIpc) is 2.32. The van der Waals surface area contributed by atoms with Gasteiger partial charge in [-0.15, -0.1) is 0 Å². The second-order valence-corrected chi connectivity index (χ2v) is 6.48. The third-order valence-electron chi connectivity index (χ3n) is 2.94. The van der Waals surface area contributed by atoms with Crippen LogP contribution in [-0.2, 0) is 13.7 Å². The van der Waals surface area contributed by atoms with E-state index in [2.05, 4.69) is 5.32 Å². The molecule has 2 N–H and O–H groups in total. The fourth-order valence-corrected chi connectivity index (χ4v) is 2.25. The Balaban J connectivity index is 4.98. The molecule has 0 unspecified atom stereocenters. The lowest BCUT2D eigenvalue weighted by Crippen LogP contribution is -2.50. The zero-order valence-corrected chi connectivity index (χ0v) is 14.5. The molecule has 3 atom stereocenters. The summed E-state index contributed by atoms with van der Waals surface area (Å²) >= 11 is 1.09. The SMILES string of the molecule is CC[C@H](C)[C@@H](NC(=O)OC(C)(C)C)[C@H](CC(=O)O)OSC. The van der Waals surface area contributed by atoms with Gasteiger partial charge in [0.25, 0.3) is 0 Å². The molecule has 0 aliphatic rings. The largest absolute Gasteiger partial charge is 0.481 e. The zero-order valence-electron chi connectivity index (χ0n) is 13.6. The summed E-state index contributed by atoms with van der Waals surface area (Å²) in [6.45, 7) is 9.25. The Labute approximate surface area is 131 Å². The van der Waals surface area contributed by atoms with Crippen molar-refractivity contribution in [2.45, 2.75) is 65.2 Å². The number of carboxylic acid groups (broad SMARTS) is 1. The fourth-order valence-electron chi connectivity index (χ4n) is 1.82. The van der Waals surface area contributed by atoms with E-state index in [1.165, 1.54) is 0 Å². The Kier molecular flexibility index (Phi) is 8.73. The predicted octanol–water partition coefficient (Wildman–Crippen LogP) is 3.06. The second-order valence-electron chi connectivity index (χ2n) is 5.96. The van der Waals surface area contributed by atoms with Crippen LogP contribution in [-0.4, -0.2) is 41.2 Å². The molecular weight excluding hydrogens is 294 g/mol. The van der Waals surface area contributed by atoms with Gasteiger partial charge in [-0.1, -0.05) is 20.3 Å². The molecule has 6 nitrogen and oxygen atoms in total. The van der Waals surface area contributed by atoms with Gasteiger partial charge in [0.05, 0.1) is 12.5 Å². The van der Waals surface area contributed by atoms with E-state index in [4.69, 9.17) is 14.0 Å². The highest BCUT2D eigenvalue weighted by Crippen LogP contribution is 2.20. The number of carbonyl (C=O) groups is 2. The third-order valence-corrected chi connectivity index (χ3v) is 3.38. The summed E-state index contributed by atoms with van der Waals surface area (Å²) in [5.41, 5.74) is -0.604. The molecule has 0 bridgehead atoms. The summed E-state index contributed by atoms with van der Waals surface area (Å²) in [5.74, 6) is -0.901. The molecule has 0 aromatic rings. The van der Waals surface area contributed by atoms with Gasteiger partial charge in [-0.05, 0) is 38.7 Å². The summed E-state index contributed by atoms with van der Waals surface area (Å²) in [6, 6.07) is -0.423. The maximum absolute atomic E-state index is 11.9. The lowest BCUT2D eigenvalue weighted by Gasteiger charge is -2.31. The van der Waals surface area contributed by atoms with Gasteiger partial charge in [0.1, 0.15) is 11.7 Å². The molecule has 0 spiro atoms. The van der Waals surface area contributed by atoms with Crippen LogP contribution in [0.2, 0.25) is 0 Å². The lowest BCUT2D eigenvalue weighted by molar-refractivity contribution is -0.139.